The SMILES string of the molecule is COc1cc(Cl)c(C)cc1NC(=O)c1cccc(C(=O)NC(C)(C)C)c1. The number of rotatable bonds is 4. The van der Waals surface area contributed by atoms with Gasteiger partial charge in [-0.3, -0.25) is 9.59 Å². The standard InChI is InChI=1S/C20H23ClN2O3/c1-12-9-16(17(26-5)11-15(12)21)22-18(24)13-7-6-8-14(10-13)19(25)23-20(2,3)4/h6-11H,1-5H3,(H,22,24)(H,23,25). The number of aryl methyl sites for hydroxylation is 1. The van der Waals surface area contributed by atoms with Crippen LogP contribution in [0.5, 0.6) is 5.75 Å². The molecule has 0 unspecified atom stereocenters. The summed E-state index contributed by atoms with van der Waals surface area (Å²) in [7, 11) is 1.51. The molecule has 2 aromatic carbocycles. The Bertz CT molecular complexity index is 841. The van der Waals surface area contributed by atoms with Crippen molar-refractivity contribution in [3.8, 4) is 5.75 Å². The number of halogens is 1. The second-order valence-corrected chi connectivity index (χ2v) is 7.45. The van der Waals surface area contributed by atoms with Crippen molar-refractivity contribution in [2.24, 2.45) is 0 Å². The Kier molecular flexibility index (Phi) is 5.93. The fourth-order valence-corrected chi connectivity index (χ4v) is 2.49. The molecular formula is C20H23ClN2O3. The minimum atomic E-state index is -0.358. The van der Waals surface area contributed by atoms with Crippen molar-refractivity contribution in [3.63, 3.8) is 0 Å². The molecule has 0 spiro atoms. The maximum atomic E-state index is 12.6. The van der Waals surface area contributed by atoms with Gasteiger partial charge in [0, 0.05) is 27.8 Å². The van der Waals surface area contributed by atoms with Gasteiger partial charge in [0.1, 0.15) is 5.75 Å². The number of hydrogen-bond donors (Lipinski definition) is 2. The van der Waals surface area contributed by atoms with Gasteiger partial charge in [0.2, 0.25) is 0 Å². The number of methoxy groups -OCH3 is 1. The Morgan fingerprint density at radius 1 is 1.04 bits per heavy atom. The van der Waals surface area contributed by atoms with E-state index < -0.39 is 0 Å². The molecule has 2 rings (SSSR count). The number of carbonyl (C=O) groups excluding carboxylic acids is 2. The van der Waals surface area contributed by atoms with E-state index in [0.717, 1.165) is 5.56 Å². The second-order valence-electron chi connectivity index (χ2n) is 7.04. The molecule has 2 N–H and O–H groups in total. The van der Waals surface area contributed by atoms with Crippen LogP contribution in [0.25, 0.3) is 0 Å². The fourth-order valence-electron chi connectivity index (χ4n) is 2.34. The third kappa shape index (κ3) is 4.99. The Labute approximate surface area is 158 Å². The van der Waals surface area contributed by atoms with E-state index in [9.17, 15) is 9.59 Å². The van der Waals surface area contributed by atoms with Crippen molar-refractivity contribution in [2.75, 3.05) is 12.4 Å². The molecule has 5 nitrogen and oxygen atoms in total. The highest BCUT2D eigenvalue weighted by Gasteiger charge is 2.17. The maximum absolute atomic E-state index is 12.6. The summed E-state index contributed by atoms with van der Waals surface area (Å²) in [5.41, 5.74) is 1.78. The van der Waals surface area contributed by atoms with E-state index in [0.29, 0.717) is 27.6 Å². The lowest BCUT2D eigenvalue weighted by Gasteiger charge is -2.20. The molecule has 0 saturated carbocycles. The van der Waals surface area contributed by atoms with Gasteiger partial charge in [0.15, 0.2) is 0 Å². The summed E-state index contributed by atoms with van der Waals surface area (Å²) >= 11 is 6.09. The van der Waals surface area contributed by atoms with E-state index in [-0.39, 0.29) is 17.4 Å². The molecule has 138 valence electrons. The number of nitrogens with one attached hydrogen (secondary N) is 2. The first-order valence-electron chi connectivity index (χ1n) is 8.19. The summed E-state index contributed by atoms with van der Waals surface area (Å²) in [6, 6.07) is 9.96. The second kappa shape index (κ2) is 7.79. The Hall–Kier alpha value is -2.53. The van der Waals surface area contributed by atoms with E-state index in [1.54, 1.807) is 36.4 Å². The molecule has 0 aliphatic heterocycles. The molecule has 6 heteroatoms. The lowest BCUT2D eigenvalue weighted by atomic mass is 10.1. The average Bonchev–Trinajstić information content (AvgIpc) is 2.56. The number of hydrogen-bond acceptors (Lipinski definition) is 3. The molecule has 0 fully saturated rings. The first-order valence-corrected chi connectivity index (χ1v) is 8.56. The van der Waals surface area contributed by atoms with E-state index in [4.69, 9.17) is 16.3 Å². The summed E-state index contributed by atoms with van der Waals surface area (Å²) < 4.78 is 5.27. The lowest BCUT2D eigenvalue weighted by molar-refractivity contribution is 0.0919. The van der Waals surface area contributed by atoms with Crippen LogP contribution >= 0.6 is 11.6 Å². The van der Waals surface area contributed by atoms with Crippen molar-refractivity contribution in [1.82, 2.24) is 5.32 Å². The third-order valence-electron chi connectivity index (χ3n) is 3.60. The van der Waals surface area contributed by atoms with Gasteiger partial charge >= 0.3 is 0 Å². The minimum absolute atomic E-state index is 0.230. The van der Waals surface area contributed by atoms with Crippen LogP contribution < -0.4 is 15.4 Å². The molecular weight excluding hydrogens is 352 g/mol. The number of benzene rings is 2. The van der Waals surface area contributed by atoms with Gasteiger partial charge in [0.05, 0.1) is 12.8 Å². The molecule has 0 aliphatic rings. The lowest BCUT2D eigenvalue weighted by Crippen LogP contribution is -2.40. The monoisotopic (exact) mass is 374 g/mol. The van der Waals surface area contributed by atoms with Crippen molar-refractivity contribution >= 4 is 29.1 Å². The summed E-state index contributed by atoms with van der Waals surface area (Å²) in [6.07, 6.45) is 0. The zero-order valence-corrected chi connectivity index (χ0v) is 16.3. The van der Waals surface area contributed by atoms with Crippen molar-refractivity contribution < 1.29 is 14.3 Å². The zero-order chi connectivity index (χ0) is 19.5. The minimum Gasteiger partial charge on any atom is -0.495 e. The van der Waals surface area contributed by atoms with E-state index in [1.807, 2.05) is 27.7 Å². The summed E-state index contributed by atoms with van der Waals surface area (Å²) in [5.74, 6) is -0.0990. The quantitative estimate of drug-likeness (QED) is 0.831. The Morgan fingerprint density at radius 2 is 1.65 bits per heavy atom. The van der Waals surface area contributed by atoms with Crippen LogP contribution in [0.4, 0.5) is 5.69 Å². The molecule has 0 radical (unpaired) electrons. The predicted octanol–water partition coefficient (Wildman–Crippen LogP) is 4.44. The smallest absolute Gasteiger partial charge is 0.255 e. The normalized spacial score (nSPS) is 11.0. The fraction of sp³-hybridized carbons (Fsp3) is 0.300. The molecule has 0 heterocycles. The van der Waals surface area contributed by atoms with Crippen molar-refractivity contribution in [3.05, 3.63) is 58.1 Å². The molecule has 0 saturated heterocycles. The molecule has 2 aromatic rings. The Balaban J connectivity index is 2.25. The van der Waals surface area contributed by atoms with Crippen LogP contribution in [0.1, 0.15) is 47.1 Å². The average molecular weight is 375 g/mol. The maximum Gasteiger partial charge on any atom is 0.255 e. The van der Waals surface area contributed by atoms with Crippen LogP contribution in [-0.2, 0) is 0 Å². The van der Waals surface area contributed by atoms with Gasteiger partial charge < -0.3 is 15.4 Å². The largest absolute Gasteiger partial charge is 0.495 e. The van der Waals surface area contributed by atoms with Crippen LogP contribution in [0.15, 0.2) is 36.4 Å². The predicted molar refractivity (Wildman–Crippen MR) is 104 cm³/mol. The highest BCUT2D eigenvalue weighted by atomic mass is 35.5. The summed E-state index contributed by atoms with van der Waals surface area (Å²) in [5, 5.41) is 6.24. The van der Waals surface area contributed by atoms with Crippen LogP contribution in [0.3, 0.4) is 0 Å². The van der Waals surface area contributed by atoms with E-state index >= 15 is 0 Å². The number of ether oxygens (including phenoxy) is 1. The van der Waals surface area contributed by atoms with Crippen LogP contribution in [-0.4, -0.2) is 24.5 Å². The van der Waals surface area contributed by atoms with Crippen molar-refractivity contribution in [1.29, 1.82) is 0 Å². The van der Waals surface area contributed by atoms with Gasteiger partial charge in [-0.1, -0.05) is 17.7 Å². The summed E-state index contributed by atoms with van der Waals surface area (Å²) in [6.45, 7) is 7.54. The van der Waals surface area contributed by atoms with Crippen LogP contribution in [0.2, 0.25) is 5.02 Å². The first-order chi connectivity index (χ1) is 12.1. The van der Waals surface area contributed by atoms with E-state index in [1.165, 1.54) is 7.11 Å². The number of carbonyl (C=O) groups is 2. The number of anilines is 1. The highest BCUT2D eigenvalue weighted by molar-refractivity contribution is 6.31. The molecule has 0 aliphatic carbocycles. The molecule has 0 atom stereocenters. The molecule has 2 amide bonds. The number of amides is 2. The Morgan fingerprint density at radius 3 is 2.23 bits per heavy atom. The molecule has 0 bridgehead atoms. The summed E-state index contributed by atoms with van der Waals surface area (Å²) in [4.78, 5) is 24.9. The van der Waals surface area contributed by atoms with Gasteiger partial charge in [-0.15, -0.1) is 0 Å². The van der Waals surface area contributed by atoms with Gasteiger partial charge in [0.25, 0.3) is 11.8 Å². The molecule has 0 aromatic heterocycles. The first kappa shape index (κ1) is 19.8. The highest BCUT2D eigenvalue weighted by Crippen LogP contribution is 2.31. The van der Waals surface area contributed by atoms with E-state index in [2.05, 4.69) is 10.6 Å². The van der Waals surface area contributed by atoms with Crippen molar-refractivity contribution in [2.45, 2.75) is 33.2 Å². The molecule has 26 heavy (non-hydrogen) atoms. The topological polar surface area (TPSA) is 67.4 Å². The third-order valence-corrected chi connectivity index (χ3v) is 4.01. The zero-order valence-electron chi connectivity index (χ0n) is 15.6. The van der Waals surface area contributed by atoms with Crippen LogP contribution in [0, 0.1) is 6.92 Å². The van der Waals surface area contributed by atoms with Gasteiger partial charge in [-0.05, 0) is 57.5 Å². The van der Waals surface area contributed by atoms with Gasteiger partial charge in [-0.25, -0.2) is 0 Å². The van der Waals surface area contributed by atoms with Gasteiger partial charge in [-0.2, -0.15) is 0 Å².